The summed E-state index contributed by atoms with van der Waals surface area (Å²) in [7, 11) is 0. The summed E-state index contributed by atoms with van der Waals surface area (Å²) in [6.45, 7) is 31.3. The van der Waals surface area contributed by atoms with E-state index in [1.54, 1.807) is 0 Å². The average Bonchev–Trinajstić information content (AvgIpc) is 3.72. The van der Waals surface area contributed by atoms with Gasteiger partial charge in [0.25, 0.3) is 0 Å². The van der Waals surface area contributed by atoms with E-state index < -0.39 is 0 Å². The third-order valence-electron chi connectivity index (χ3n) is 20.6. The summed E-state index contributed by atoms with van der Waals surface area (Å²) in [4.78, 5) is 2.69. The van der Waals surface area contributed by atoms with Crippen LogP contribution < -0.4 is 15.9 Å². The second kappa shape index (κ2) is 14.7. The number of hydrogen-bond acceptors (Lipinski definition) is 3. The first-order valence-corrected chi connectivity index (χ1v) is 28.9. The normalized spacial score (nSPS) is 18.6. The second-order valence-electron chi connectivity index (χ2n) is 28.5. The molecule has 3 aliphatic carbocycles. The van der Waals surface area contributed by atoms with Crippen LogP contribution in [-0.4, -0.2) is 11.4 Å². The second-order valence-corrected chi connectivity index (χ2v) is 28.5. The zero-order valence-corrected chi connectivity index (χ0v) is 47.8. The van der Waals surface area contributed by atoms with E-state index in [4.69, 9.17) is 8.83 Å². The molecule has 2 aliphatic heterocycles. The van der Waals surface area contributed by atoms with Crippen LogP contribution in [0.25, 0.3) is 93.8 Å². The molecule has 0 fully saturated rings. The lowest BCUT2D eigenvalue weighted by Crippen LogP contribution is -2.60. The van der Waals surface area contributed by atoms with Crippen molar-refractivity contribution in [1.29, 1.82) is 0 Å². The summed E-state index contributed by atoms with van der Waals surface area (Å²) in [5, 5.41) is 5.90. The number of hydrogen-bond donors (Lipinski definition) is 0. The molecule has 386 valence electrons. The third kappa shape index (κ3) is 5.93. The summed E-state index contributed by atoms with van der Waals surface area (Å²) in [6.07, 6.45) is 4.63. The highest BCUT2D eigenvalue weighted by Gasteiger charge is 2.51. The fourth-order valence-corrected chi connectivity index (χ4v) is 15.8. The lowest BCUT2D eigenvalue weighted by Gasteiger charge is -2.42. The Balaban J connectivity index is 1.11. The molecule has 0 bridgehead atoms. The fraction of sp³-hybridized carbons (Fsp3) is 0.315. The molecule has 4 nitrogen and oxygen atoms in total. The van der Waals surface area contributed by atoms with Crippen molar-refractivity contribution in [2.24, 2.45) is 0 Å². The van der Waals surface area contributed by atoms with Gasteiger partial charge in [-0.3, -0.25) is 0 Å². The maximum Gasteiger partial charge on any atom is 0.376 e. The summed E-state index contributed by atoms with van der Waals surface area (Å²) in [6, 6.07) is 51.7. The highest BCUT2D eigenvalue weighted by molar-refractivity contribution is 6.93. The van der Waals surface area contributed by atoms with Gasteiger partial charge in [0.1, 0.15) is 22.4 Å². The highest BCUT2D eigenvalue weighted by Crippen LogP contribution is 2.60. The van der Waals surface area contributed by atoms with Crippen molar-refractivity contribution >= 4 is 84.1 Å². The molecule has 0 atom stereocenters. The molecule has 11 aromatic rings. The minimum Gasteiger partial charge on any atom is -0.466 e. The fourth-order valence-electron chi connectivity index (χ4n) is 15.8. The van der Waals surface area contributed by atoms with E-state index in [9.17, 15) is 0 Å². The topological polar surface area (TPSA) is 34.5 Å². The van der Waals surface area contributed by atoms with Crippen LogP contribution >= 0.6 is 0 Å². The van der Waals surface area contributed by atoms with Crippen LogP contribution in [-0.2, 0) is 32.5 Å². The summed E-state index contributed by atoms with van der Waals surface area (Å²) in [5.74, 6) is 0. The average molecular weight is 1020 g/mol. The third-order valence-corrected chi connectivity index (χ3v) is 20.6. The van der Waals surface area contributed by atoms with Crippen molar-refractivity contribution < 1.29 is 8.83 Å². The zero-order chi connectivity index (χ0) is 53.7. The van der Waals surface area contributed by atoms with Crippen molar-refractivity contribution in [3.63, 3.8) is 0 Å². The minimum absolute atomic E-state index is 0.0000404. The SMILES string of the molecule is CC(C)(C)c1ccc(N2B3c4oc5ccc(-c6ccccc6)cc5c4-n4c5cc6c(cc5c5c7oc8ccccc8c7c(c3c54)-c3cc4c(cc32)-c2cc3c(cc2C4(C)C)C(C)(C)CCC3(C)C)C(C)(C)CCC6(C)C)cc1. The highest BCUT2D eigenvalue weighted by atomic mass is 16.3. The van der Waals surface area contributed by atoms with E-state index in [0.29, 0.717) is 0 Å². The van der Waals surface area contributed by atoms with Gasteiger partial charge in [-0.2, -0.15) is 0 Å². The number of aromatic nitrogens is 1. The van der Waals surface area contributed by atoms with E-state index in [0.717, 1.165) is 57.4 Å². The maximum atomic E-state index is 7.69. The van der Waals surface area contributed by atoms with Crippen LogP contribution in [0.3, 0.4) is 0 Å². The van der Waals surface area contributed by atoms with Crippen LogP contribution in [0.1, 0.15) is 155 Å². The molecular weight excluding hydrogens is 948 g/mol. The molecule has 5 heterocycles. The molecule has 0 radical (unpaired) electrons. The van der Waals surface area contributed by atoms with Crippen molar-refractivity contribution in [1.82, 2.24) is 4.57 Å². The lowest BCUT2D eigenvalue weighted by molar-refractivity contribution is 0.331. The van der Waals surface area contributed by atoms with E-state index in [1.165, 1.54) is 124 Å². The Morgan fingerprint density at radius 3 is 1.77 bits per heavy atom. The monoisotopic (exact) mass is 1020 g/mol. The van der Waals surface area contributed by atoms with Crippen molar-refractivity contribution in [3.8, 4) is 39.1 Å². The van der Waals surface area contributed by atoms with Crippen molar-refractivity contribution in [2.75, 3.05) is 4.81 Å². The first kappa shape index (κ1) is 46.8. The number of furan rings is 2. The molecule has 0 N–H and O–H groups in total. The maximum absolute atomic E-state index is 7.69. The number of benzene rings is 8. The van der Waals surface area contributed by atoms with Gasteiger partial charge in [-0.1, -0.05) is 163 Å². The van der Waals surface area contributed by atoms with Gasteiger partial charge in [0.05, 0.1) is 22.1 Å². The van der Waals surface area contributed by atoms with Crippen LogP contribution in [0, 0.1) is 0 Å². The first-order chi connectivity index (χ1) is 37.0. The molecule has 3 aromatic heterocycles. The number of anilines is 2. The predicted octanol–water partition coefficient (Wildman–Crippen LogP) is 18.6. The van der Waals surface area contributed by atoms with Gasteiger partial charge in [0.15, 0.2) is 0 Å². The van der Waals surface area contributed by atoms with Gasteiger partial charge in [0.2, 0.25) is 0 Å². The Labute approximate surface area is 459 Å². The Morgan fingerprint density at radius 1 is 0.487 bits per heavy atom. The van der Waals surface area contributed by atoms with Gasteiger partial charge in [0, 0.05) is 43.9 Å². The van der Waals surface area contributed by atoms with Gasteiger partial charge in [-0.15, -0.1) is 0 Å². The number of nitrogens with zero attached hydrogens (tertiary/aromatic N) is 2. The largest absolute Gasteiger partial charge is 0.466 e. The summed E-state index contributed by atoms with van der Waals surface area (Å²) in [5.41, 5.74) is 28.4. The van der Waals surface area contributed by atoms with E-state index >= 15 is 0 Å². The van der Waals surface area contributed by atoms with Gasteiger partial charge < -0.3 is 18.2 Å². The predicted molar refractivity (Wildman–Crippen MR) is 329 cm³/mol. The first-order valence-electron chi connectivity index (χ1n) is 28.9. The van der Waals surface area contributed by atoms with Crippen LogP contribution in [0.2, 0.25) is 0 Å². The van der Waals surface area contributed by atoms with Crippen molar-refractivity contribution in [3.05, 3.63) is 172 Å². The molecule has 0 saturated carbocycles. The molecule has 78 heavy (non-hydrogen) atoms. The van der Waals surface area contributed by atoms with E-state index in [1.807, 2.05) is 0 Å². The Kier molecular flexibility index (Phi) is 8.83. The molecule has 16 rings (SSSR count). The van der Waals surface area contributed by atoms with Crippen LogP contribution in [0.15, 0.2) is 142 Å². The van der Waals surface area contributed by atoms with Crippen LogP contribution in [0.5, 0.6) is 0 Å². The quantitative estimate of drug-likeness (QED) is 0.162. The molecule has 0 spiro atoms. The smallest absolute Gasteiger partial charge is 0.376 e. The summed E-state index contributed by atoms with van der Waals surface area (Å²) >= 11 is 0. The molecule has 8 aromatic carbocycles. The zero-order valence-electron chi connectivity index (χ0n) is 47.8. The van der Waals surface area contributed by atoms with E-state index in [-0.39, 0.29) is 39.3 Å². The Bertz CT molecular complexity index is 4500. The van der Waals surface area contributed by atoms with E-state index in [2.05, 4.69) is 233 Å². The number of para-hydroxylation sites is 1. The molecule has 0 unspecified atom stereocenters. The molecular formula is C73H69BN2O2. The van der Waals surface area contributed by atoms with Gasteiger partial charge in [-0.25, -0.2) is 0 Å². The molecule has 0 amide bonds. The van der Waals surface area contributed by atoms with Crippen LogP contribution in [0.4, 0.5) is 11.4 Å². The molecule has 0 saturated heterocycles. The Morgan fingerprint density at radius 2 is 1.08 bits per heavy atom. The number of fused-ring (bicyclic) bond motifs is 20. The van der Waals surface area contributed by atoms with Crippen molar-refractivity contribution in [2.45, 2.75) is 148 Å². The lowest BCUT2D eigenvalue weighted by atomic mass is 9.46. The molecule has 5 heteroatoms. The molecule has 5 aliphatic rings. The Hall–Kier alpha value is -7.24. The van der Waals surface area contributed by atoms with Gasteiger partial charge in [-0.05, 0) is 186 Å². The summed E-state index contributed by atoms with van der Waals surface area (Å²) < 4.78 is 17.8. The number of rotatable bonds is 2. The standard InChI is InChI=1S/C73H69BN2O2/c1-68(2,3)42-24-26-43(27-25-42)76-57-37-46-45-34-52-54(71(8,9)31-29-69(52,4)5)38-51(45)73(12,13)50(46)35-48(57)60-61-44-21-17-18-22-58(44)77-66(61)62-47-36-53-55(72(10,11)32-30-70(53,6)7)39-56(47)75-64-49-33-41(40-19-15-14-16-20-40)23-28-59(49)78-67(64)74(76)63(60)65(62)75/h14-28,33-39H,29-32H2,1-13H3. The minimum atomic E-state index is -0.328. The van der Waals surface area contributed by atoms with Gasteiger partial charge >= 0.3 is 6.85 Å².